The second kappa shape index (κ2) is 10.6. The molecule has 2 aliphatic heterocycles. The van der Waals surface area contributed by atoms with Gasteiger partial charge in [-0.05, 0) is 31.1 Å². The van der Waals surface area contributed by atoms with E-state index in [0.29, 0.717) is 5.69 Å². The third-order valence-corrected chi connectivity index (χ3v) is 8.86. The fourth-order valence-corrected chi connectivity index (χ4v) is 7.15. The molecule has 11 atom stereocenters. The van der Waals surface area contributed by atoms with Crippen LogP contribution in [0.1, 0.15) is 37.2 Å². The summed E-state index contributed by atoms with van der Waals surface area (Å²) in [4.78, 5) is 28.6. The molecule has 0 amide bonds. The first kappa shape index (κ1) is 27.1. The number of aromatic nitrogens is 1. The van der Waals surface area contributed by atoms with E-state index in [9.17, 15) is 24.9 Å². The van der Waals surface area contributed by atoms with Crippen LogP contribution in [-0.2, 0) is 23.7 Å². The number of carbonyl (C=O) groups is 2. The molecule has 38 heavy (non-hydrogen) atoms. The number of nitrogens with one attached hydrogen (secondary N) is 1. The molecule has 2 aliphatic carbocycles. The van der Waals surface area contributed by atoms with Crippen molar-refractivity contribution in [2.45, 2.75) is 62.8 Å². The number of aliphatic hydroxyl groups excluding tert-OH is 3. The Morgan fingerprint density at radius 1 is 1.29 bits per heavy atom. The van der Waals surface area contributed by atoms with Gasteiger partial charge in [0.2, 0.25) is 0 Å². The van der Waals surface area contributed by atoms with E-state index in [1.54, 1.807) is 18.3 Å². The first-order chi connectivity index (χ1) is 18.2. The highest BCUT2D eigenvalue weighted by Crippen LogP contribution is 2.61. The number of ether oxygens (including phenoxy) is 4. The van der Waals surface area contributed by atoms with Crippen LogP contribution in [0.5, 0.6) is 0 Å². The Morgan fingerprint density at radius 2 is 2.08 bits per heavy atom. The Labute approximate surface area is 221 Å². The third-order valence-electron chi connectivity index (χ3n) is 8.86. The Kier molecular flexibility index (Phi) is 7.54. The summed E-state index contributed by atoms with van der Waals surface area (Å²) < 4.78 is 23.9. The number of methoxy groups -OCH3 is 1. The second-order valence-corrected chi connectivity index (χ2v) is 11.0. The quantitative estimate of drug-likeness (QED) is 0.316. The fourth-order valence-electron chi connectivity index (χ4n) is 7.15. The van der Waals surface area contributed by atoms with E-state index in [4.69, 9.17) is 18.9 Å². The molecule has 1 aromatic rings. The fraction of sp³-hybridized carbons (Fsp3) is 0.643. The number of aromatic amines is 1. The number of H-pyrrole nitrogens is 1. The van der Waals surface area contributed by atoms with Gasteiger partial charge in [-0.1, -0.05) is 25.2 Å². The summed E-state index contributed by atoms with van der Waals surface area (Å²) >= 11 is 0. The van der Waals surface area contributed by atoms with Crippen molar-refractivity contribution in [2.75, 3.05) is 20.3 Å². The van der Waals surface area contributed by atoms with Crippen molar-refractivity contribution in [1.82, 2.24) is 4.98 Å². The Hall–Kier alpha value is -2.50. The number of esters is 2. The molecule has 1 saturated carbocycles. The van der Waals surface area contributed by atoms with Crippen LogP contribution in [0, 0.1) is 29.6 Å². The number of cyclic esters (lactones) is 1. The molecular weight excluding hydrogens is 494 g/mol. The average Bonchev–Trinajstić information content (AvgIpc) is 3.49. The maximum atomic E-state index is 13.0. The van der Waals surface area contributed by atoms with Crippen LogP contribution in [0.15, 0.2) is 42.1 Å². The van der Waals surface area contributed by atoms with Gasteiger partial charge < -0.3 is 39.3 Å². The monoisotopic (exact) mass is 531 g/mol. The van der Waals surface area contributed by atoms with E-state index in [1.165, 1.54) is 7.11 Å². The zero-order chi connectivity index (χ0) is 27.2. The van der Waals surface area contributed by atoms with Crippen LogP contribution in [0.25, 0.3) is 0 Å². The Morgan fingerprint density at radius 3 is 2.76 bits per heavy atom. The van der Waals surface area contributed by atoms with E-state index in [2.05, 4.69) is 4.98 Å². The second-order valence-electron chi connectivity index (χ2n) is 11.0. The largest absolute Gasteiger partial charge is 0.460 e. The van der Waals surface area contributed by atoms with Crippen molar-refractivity contribution in [1.29, 1.82) is 0 Å². The minimum atomic E-state index is -1.41. The highest BCUT2D eigenvalue weighted by molar-refractivity contribution is 5.87. The standard InChI is InChI=1S/C28H37NO9/c1-14-11-15(2)28-16(12-20(31)27(34)36-21(14)8-10-30)6-7-17-22(28)23(32)18(13-35-3)24(25(17)38-28)37-26(33)19-5-4-9-29-19/h4-7,9,11,14,16-18,20-25,29-32H,8,10,12-13H2,1-3H3. The Bertz CT molecular complexity index is 1080. The topological polar surface area (TPSA) is 148 Å². The van der Waals surface area contributed by atoms with E-state index in [-0.39, 0.29) is 37.9 Å². The van der Waals surface area contributed by atoms with Crippen LogP contribution in [0.4, 0.5) is 0 Å². The van der Waals surface area contributed by atoms with Crippen molar-refractivity contribution in [2.24, 2.45) is 29.6 Å². The normalized spacial score (nSPS) is 42.2. The molecule has 11 unspecified atom stereocenters. The zero-order valence-electron chi connectivity index (χ0n) is 21.9. The van der Waals surface area contributed by atoms with Gasteiger partial charge in [0.05, 0.1) is 12.7 Å². The molecule has 4 N–H and O–H groups in total. The van der Waals surface area contributed by atoms with Crippen molar-refractivity contribution in [3.63, 3.8) is 0 Å². The first-order valence-electron chi connectivity index (χ1n) is 13.3. The lowest BCUT2D eigenvalue weighted by molar-refractivity contribution is -0.164. The molecular formula is C28H37NO9. The van der Waals surface area contributed by atoms with E-state index in [1.807, 2.05) is 32.1 Å². The maximum absolute atomic E-state index is 13.0. The molecule has 10 nitrogen and oxygen atoms in total. The van der Waals surface area contributed by atoms with E-state index < -0.39 is 65.8 Å². The van der Waals surface area contributed by atoms with Gasteiger partial charge in [-0.15, -0.1) is 0 Å². The average molecular weight is 532 g/mol. The van der Waals surface area contributed by atoms with Gasteiger partial charge in [0.25, 0.3) is 0 Å². The number of aliphatic hydroxyl groups is 3. The minimum Gasteiger partial charge on any atom is -0.460 e. The Balaban J connectivity index is 1.58. The molecule has 4 aliphatic rings. The van der Waals surface area contributed by atoms with Crippen LogP contribution in [0.3, 0.4) is 0 Å². The lowest BCUT2D eigenvalue weighted by atomic mass is 9.57. The predicted molar refractivity (Wildman–Crippen MR) is 134 cm³/mol. The highest BCUT2D eigenvalue weighted by atomic mass is 16.6. The molecule has 1 spiro atoms. The molecule has 2 fully saturated rings. The molecule has 10 heteroatoms. The number of carbonyl (C=O) groups excluding carboxylic acids is 2. The SMILES string of the molecule is COCC1C(O)C2C3C=CC4CC(O)C(=O)OC(CCO)C(C)C=C(C)C42OC3C1OC(=O)c1ccc[nH]1. The number of hydrogen-bond donors (Lipinski definition) is 4. The summed E-state index contributed by atoms with van der Waals surface area (Å²) in [7, 11) is 1.54. The van der Waals surface area contributed by atoms with Crippen LogP contribution in [0.2, 0.25) is 0 Å². The number of rotatable bonds is 6. The van der Waals surface area contributed by atoms with E-state index in [0.717, 1.165) is 5.57 Å². The van der Waals surface area contributed by atoms with E-state index >= 15 is 0 Å². The predicted octanol–water partition coefficient (Wildman–Crippen LogP) is 1.37. The molecule has 4 bridgehead atoms. The van der Waals surface area contributed by atoms with Crippen LogP contribution >= 0.6 is 0 Å². The number of hydrogen-bond acceptors (Lipinski definition) is 9. The molecule has 0 radical (unpaired) electrons. The molecule has 208 valence electrons. The summed E-state index contributed by atoms with van der Waals surface area (Å²) in [6.45, 7) is 3.81. The summed E-state index contributed by atoms with van der Waals surface area (Å²) in [5, 5.41) is 32.2. The first-order valence-corrected chi connectivity index (χ1v) is 13.3. The highest BCUT2D eigenvalue weighted by Gasteiger charge is 2.69. The van der Waals surface area contributed by atoms with Crippen molar-refractivity contribution < 1.29 is 43.9 Å². The van der Waals surface area contributed by atoms with Gasteiger partial charge in [-0.3, -0.25) is 0 Å². The molecule has 0 aromatic carbocycles. The molecule has 1 aromatic heterocycles. The maximum Gasteiger partial charge on any atom is 0.355 e. The lowest BCUT2D eigenvalue weighted by Gasteiger charge is -2.49. The van der Waals surface area contributed by atoms with Crippen molar-refractivity contribution >= 4 is 11.9 Å². The molecule has 5 rings (SSSR count). The summed E-state index contributed by atoms with van der Waals surface area (Å²) in [5.41, 5.74) is 0.0988. The van der Waals surface area contributed by atoms with Gasteiger partial charge in [-0.25, -0.2) is 9.59 Å². The van der Waals surface area contributed by atoms with Gasteiger partial charge in [0, 0.05) is 55.9 Å². The lowest BCUT2D eigenvalue weighted by Crippen LogP contribution is -2.58. The smallest absolute Gasteiger partial charge is 0.355 e. The summed E-state index contributed by atoms with van der Waals surface area (Å²) in [6, 6.07) is 3.33. The van der Waals surface area contributed by atoms with Crippen molar-refractivity contribution in [3.05, 3.63) is 47.8 Å². The van der Waals surface area contributed by atoms with Gasteiger partial charge in [0.1, 0.15) is 29.6 Å². The molecule has 3 heterocycles. The minimum absolute atomic E-state index is 0.0330. The third kappa shape index (κ3) is 4.32. The summed E-state index contributed by atoms with van der Waals surface area (Å²) in [6.07, 6.45) is 3.44. The van der Waals surface area contributed by atoms with Crippen LogP contribution < -0.4 is 0 Å². The van der Waals surface area contributed by atoms with Crippen molar-refractivity contribution in [3.8, 4) is 0 Å². The van der Waals surface area contributed by atoms with Gasteiger partial charge >= 0.3 is 11.9 Å². The zero-order valence-corrected chi connectivity index (χ0v) is 21.9. The van der Waals surface area contributed by atoms with Crippen LogP contribution in [-0.4, -0.2) is 88.7 Å². The van der Waals surface area contributed by atoms with Gasteiger partial charge in [-0.2, -0.15) is 0 Å². The summed E-state index contributed by atoms with van der Waals surface area (Å²) in [5.74, 6) is -3.23. The van der Waals surface area contributed by atoms with Gasteiger partial charge in [0.15, 0.2) is 6.10 Å². The molecule has 1 saturated heterocycles.